The Hall–Kier alpha value is -1.86. The van der Waals surface area contributed by atoms with Gasteiger partial charge in [0.15, 0.2) is 0 Å². The highest BCUT2D eigenvalue weighted by Crippen LogP contribution is 2.25. The maximum Gasteiger partial charge on any atom is 0.0467 e. The number of ether oxygens (including phenoxy) is 1. The van der Waals surface area contributed by atoms with Gasteiger partial charge in [0.05, 0.1) is 0 Å². The predicted molar refractivity (Wildman–Crippen MR) is 92.1 cm³/mol. The molecule has 1 heteroatoms. The maximum atomic E-state index is 5.26. The van der Waals surface area contributed by atoms with Gasteiger partial charge in [-0.1, -0.05) is 48.6 Å². The van der Waals surface area contributed by atoms with Crippen molar-refractivity contribution in [3.63, 3.8) is 0 Å². The Labute approximate surface area is 131 Å². The van der Waals surface area contributed by atoms with Crippen molar-refractivity contribution in [3.05, 3.63) is 58.0 Å². The third-order valence-electron chi connectivity index (χ3n) is 5.09. The molecule has 0 spiro atoms. The van der Waals surface area contributed by atoms with Crippen molar-refractivity contribution in [1.82, 2.24) is 0 Å². The highest BCUT2D eigenvalue weighted by molar-refractivity contribution is 5.74. The fraction of sp³-hybridized carbons (Fsp3) is 0.333. The van der Waals surface area contributed by atoms with E-state index in [9.17, 15) is 0 Å². The fourth-order valence-electron chi connectivity index (χ4n) is 3.88. The van der Waals surface area contributed by atoms with Crippen LogP contribution >= 0.6 is 0 Å². The van der Waals surface area contributed by atoms with Crippen LogP contribution in [0.4, 0.5) is 0 Å². The molecule has 22 heavy (non-hydrogen) atoms. The highest BCUT2D eigenvalue weighted by Gasteiger charge is 2.17. The zero-order valence-corrected chi connectivity index (χ0v) is 13.1. The second-order valence-corrected chi connectivity index (χ2v) is 6.41. The average molecular weight is 290 g/mol. The van der Waals surface area contributed by atoms with Crippen LogP contribution in [-0.4, -0.2) is 13.7 Å². The van der Waals surface area contributed by atoms with Gasteiger partial charge >= 0.3 is 0 Å². The van der Waals surface area contributed by atoms with Crippen LogP contribution in [-0.2, 0) is 17.6 Å². The molecule has 2 aliphatic carbocycles. The number of hydrogen-bond acceptors (Lipinski definition) is 1. The Morgan fingerprint density at radius 3 is 2.82 bits per heavy atom. The van der Waals surface area contributed by atoms with Crippen molar-refractivity contribution in [2.24, 2.45) is 5.92 Å². The normalized spacial score (nSPS) is 18.5. The zero-order valence-electron chi connectivity index (χ0n) is 13.1. The molecule has 4 rings (SSSR count). The van der Waals surface area contributed by atoms with Crippen molar-refractivity contribution in [2.45, 2.75) is 25.7 Å². The largest absolute Gasteiger partial charge is 0.385 e. The van der Waals surface area contributed by atoms with Gasteiger partial charge in [-0.3, -0.25) is 0 Å². The van der Waals surface area contributed by atoms with Gasteiger partial charge < -0.3 is 4.74 Å². The van der Waals surface area contributed by atoms with Gasteiger partial charge in [-0.2, -0.15) is 0 Å². The minimum Gasteiger partial charge on any atom is -0.385 e. The molecule has 1 unspecified atom stereocenters. The van der Waals surface area contributed by atoms with Crippen LogP contribution < -0.4 is 10.4 Å². The SMILES string of the molecule is COCCC1C=c2c(ccc3c2=CCc2ccccc2-3)CC1. The molecule has 0 fully saturated rings. The molecule has 0 saturated heterocycles. The molecule has 0 heterocycles. The van der Waals surface area contributed by atoms with Crippen LogP contribution in [0.25, 0.3) is 23.3 Å². The van der Waals surface area contributed by atoms with Gasteiger partial charge in [-0.25, -0.2) is 0 Å². The van der Waals surface area contributed by atoms with Crippen molar-refractivity contribution < 1.29 is 4.74 Å². The summed E-state index contributed by atoms with van der Waals surface area (Å²) in [6.45, 7) is 0.859. The lowest BCUT2D eigenvalue weighted by molar-refractivity contribution is 0.184. The molecule has 0 amide bonds. The highest BCUT2D eigenvalue weighted by atomic mass is 16.5. The van der Waals surface area contributed by atoms with Crippen molar-refractivity contribution >= 4 is 12.2 Å². The lowest BCUT2D eigenvalue weighted by Gasteiger charge is -2.21. The number of hydrogen-bond donors (Lipinski definition) is 0. The van der Waals surface area contributed by atoms with Gasteiger partial charge in [0.25, 0.3) is 0 Å². The van der Waals surface area contributed by atoms with Crippen molar-refractivity contribution in [2.75, 3.05) is 13.7 Å². The van der Waals surface area contributed by atoms with Crippen molar-refractivity contribution in [1.29, 1.82) is 0 Å². The van der Waals surface area contributed by atoms with E-state index in [0.717, 1.165) is 19.4 Å². The summed E-state index contributed by atoms with van der Waals surface area (Å²) >= 11 is 0. The standard InChI is InChI=1S/C21H22O/c1-22-13-12-15-6-7-17-9-10-19-18-5-3-2-4-16(18)8-11-20(19)21(17)14-15/h2-5,9-11,14-15H,6-8,12-13H2,1H3. The predicted octanol–water partition coefficient (Wildman–Crippen LogP) is 3.07. The van der Waals surface area contributed by atoms with E-state index < -0.39 is 0 Å². The van der Waals surface area contributed by atoms with Gasteiger partial charge in [0.2, 0.25) is 0 Å². The number of methoxy groups -OCH3 is 1. The molecule has 0 aliphatic heterocycles. The summed E-state index contributed by atoms with van der Waals surface area (Å²) in [4.78, 5) is 0. The zero-order chi connectivity index (χ0) is 14.9. The van der Waals surface area contributed by atoms with E-state index in [2.05, 4.69) is 48.6 Å². The Kier molecular flexibility index (Phi) is 3.59. The summed E-state index contributed by atoms with van der Waals surface area (Å²) in [6, 6.07) is 13.5. The third-order valence-corrected chi connectivity index (χ3v) is 5.09. The summed E-state index contributed by atoms with van der Waals surface area (Å²) in [5.41, 5.74) is 5.78. The molecule has 112 valence electrons. The van der Waals surface area contributed by atoms with E-state index in [1.165, 1.54) is 45.5 Å². The minimum atomic E-state index is 0.657. The van der Waals surface area contributed by atoms with Gasteiger partial charge in [0, 0.05) is 13.7 Å². The van der Waals surface area contributed by atoms with Crippen LogP contribution in [0.2, 0.25) is 0 Å². The molecule has 1 atom stereocenters. The summed E-state index contributed by atoms with van der Waals surface area (Å²) in [5.74, 6) is 0.657. The second-order valence-electron chi connectivity index (χ2n) is 6.41. The summed E-state index contributed by atoms with van der Waals surface area (Å²) in [6.07, 6.45) is 9.56. The fourth-order valence-corrected chi connectivity index (χ4v) is 3.88. The quantitative estimate of drug-likeness (QED) is 0.844. The topological polar surface area (TPSA) is 9.23 Å². The molecule has 0 N–H and O–H groups in total. The molecule has 2 aromatic rings. The molecular formula is C21H22O. The minimum absolute atomic E-state index is 0.657. The van der Waals surface area contributed by atoms with E-state index in [-0.39, 0.29) is 0 Å². The average Bonchev–Trinajstić information content (AvgIpc) is 2.59. The van der Waals surface area contributed by atoms with Gasteiger partial charge in [-0.15, -0.1) is 0 Å². The first-order chi connectivity index (χ1) is 10.9. The number of fused-ring (bicyclic) bond motifs is 5. The Balaban J connectivity index is 1.86. The maximum absolute atomic E-state index is 5.26. The molecule has 0 radical (unpaired) electrons. The van der Waals surface area contributed by atoms with Crippen LogP contribution in [0.15, 0.2) is 36.4 Å². The van der Waals surface area contributed by atoms with E-state index in [4.69, 9.17) is 4.74 Å². The van der Waals surface area contributed by atoms with Crippen molar-refractivity contribution in [3.8, 4) is 11.1 Å². The summed E-state index contributed by atoms with van der Waals surface area (Å²) in [5, 5.41) is 2.94. The van der Waals surface area contributed by atoms with Crippen LogP contribution in [0.3, 0.4) is 0 Å². The first kappa shape index (κ1) is 13.8. The molecular weight excluding hydrogens is 268 g/mol. The monoisotopic (exact) mass is 290 g/mol. The lowest BCUT2D eigenvalue weighted by Crippen LogP contribution is -2.35. The van der Waals surface area contributed by atoms with Gasteiger partial charge in [-0.05, 0) is 64.3 Å². The van der Waals surface area contributed by atoms with Crippen LogP contribution in [0.1, 0.15) is 24.0 Å². The molecule has 2 aromatic carbocycles. The first-order valence-corrected chi connectivity index (χ1v) is 8.28. The lowest BCUT2D eigenvalue weighted by atomic mass is 9.84. The molecule has 0 aromatic heterocycles. The first-order valence-electron chi connectivity index (χ1n) is 8.28. The van der Waals surface area contributed by atoms with E-state index >= 15 is 0 Å². The molecule has 0 bridgehead atoms. The number of rotatable bonds is 3. The van der Waals surface area contributed by atoms with E-state index in [1.54, 1.807) is 7.11 Å². The molecule has 2 aliphatic rings. The second kappa shape index (κ2) is 5.73. The Bertz CT molecular complexity index is 816. The Morgan fingerprint density at radius 2 is 1.91 bits per heavy atom. The Morgan fingerprint density at radius 1 is 1.00 bits per heavy atom. The molecule has 0 saturated carbocycles. The number of aryl methyl sites for hydroxylation is 1. The van der Waals surface area contributed by atoms with Gasteiger partial charge in [0.1, 0.15) is 0 Å². The van der Waals surface area contributed by atoms with Crippen LogP contribution in [0.5, 0.6) is 0 Å². The summed E-state index contributed by atoms with van der Waals surface area (Å²) < 4.78 is 5.26. The van der Waals surface area contributed by atoms with Crippen LogP contribution in [0, 0.1) is 5.92 Å². The smallest absolute Gasteiger partial charge is 0.0467 e. The number of benzene rings is 2. The van der Waals surface area contributed by atoms with E-state index in [0.29, 0.717) is 5.92 Å². The third kappa shape index (κ3) is 2.30. The van der Waals surface area contributed by atoms with E-state index in [1.807, 2.05) is 0 Å². The summed E-state index contributed by atoms with van der Waals surface area (Å²) in [7, 11) is 1.79. The molecule has 1 nitrogen and oxygen atoms in total.